The molecule has 6 aliphatic heterocycles. The monoisotopic (exact) mass is 688 g/mol. The number of aliphatic hydroxyl groups is 4. The fourth-order valence-corrected chi connectivity index (χ4v) is 8.37. The first-order valence-corrected chi connectivity index (χ1v) is 17.4. The number of Topliss-reactive ketones (excluding diaryl/α,β-unsaturated/α-hetero) is 1. The first kappa shape index (κ1) is 35.3. The van der Waals surface area contributed by atoms with Crippen LogP contribution in [0, 0.1) is 0 Å². The number of fused-ring (bicyclic) bond motifs is 4. The zero-order chi connectivity index (χ0) is 33.3. The van der Waals surface area contributed by atoms with Crippen LogP contribution in [0.5, 0.6) is 0 Å². The number of carbonyl (C=O) groups is 3. The van der Waals surface area contributed by atoms with E-state index in [1.54, 1.807) is 0 Å². The fraction of sp³-hybridized carbons (Fsp3) is 0.897. The summed E-state index contributed by atoms with van der Waals surface area (Å²) in [6, 6.07) is -1.10. The number of carbonyl (C=O) groups excluding carboxylic acids is 3. The molecule has 6 heterocycles. The first-order valence-electron chi connectivity index (χ1n) is 16.4. The molecule has 2 amide bonds. The highest BCUT2D eigenvalue weighted by Crippen LogP contribution is 2.40. The minimum Gasteiger partial charge on any atom is -0.388 e. The van der Waals surface area contributed by atoms with Crippen LogP contribution in [0.25, 0.3) is 0 Å². The standard InChI is InChI=1S/C29H48N6O11S/c1-16(36)11-47-17(25(42)33-13-29-15-44-27(46-29)20(22(39)24(29)41)35-8-4-31-5-9-35)10-18(37)32-12-28-14-43-26(45-28)19(21(38)23(28)40)34-6-2-30-3-7-34/h17,19-24,26-27,30-31,38-41H,2-15H2,1H3,(H,32,37)(H,33,42)/t17?,19-,20-,21?,22?,23?,24?,26-,27-,28-,29-/m0/s1. The van der Waals surface area contributed by atoms with E-state index in [-0.39, 0.29) is 44.3 Å². The smallest absolute Gasteiger partial charge is 0.233 e. The van der Waals surface area contributed by atoms with Crippen LogP contribution in [-0.2, 0) is 33.3 Å². The normalized spacial score (nSPS) is 41.4. The summed E-state index contributed by atoms with van der Waals surface area (Å²) in [7, 11) is 0. The van der Waals surface area contributed by atoms with Gasteiger partial charge < -0.3 is 60.6 Å². The molecule has 6 fully saturated rings. The number of nitrogens with zero attached hydrogens (tertiary/aromatic N) is 2. The minimum absolute atomic E-state index is 0.00715. The molecular weight excluding hydrogens is 640 g/mol. The summed E-state index contributed by atoms with van der Waals surface area (Å²) in [5, 5.41) is 55.3. The molecule has 0 aliphatic carbocycles. The highest BCUT2D eigenvalue weighted by molar-refractivity contribution is 8.01. The molecule has 11 atom stereocenters. The lowest BCUT2D eigenvalue weighted by Gasteiger charge is -2.47. The molecule has 0 aromatic heterocycles. The SMILES string of the molecule is CC(=O)CSC(CC(=O)NC[C@@]12CO[C@@H](O1)[C@@H](N1CCNCC1)C(O)C2O)C(=O)NC[C@@]12CO[C@@H](O1)[C@@H](N1CCNCC1)C(O)C2O. The predicted molar refractivity (Wildman–Crippen MR) is 165 cm³/mol. The van der Waals surface area contributed by atoms with Gasteiger partial charge >= 0.3 is 0 Å². The van der Waals surface area contributed by atoms with Gasteiger partial charge in [0.1, 0.15) is 41.4 Å². The second-order valence-electron chi connectivity index (χ2n) is 13.3. The van der Waals surface area contributed by atoms with Gasteiger partial charge in [-0.2, -0.15) is 0 Å². The van der Waals surface area contributed by atoms with Crippen molar-refractivity contribution in [3.63, 3.8) is 0 Å². The van der Waals surface area contributed by atoms with Crippen molar-refractivity contribution in [1.29, 1.82) is 0 Å². The molecule has 0 spiro atoms. The van der Waals surface area contributed by atoms with Crippen molar-refractivity contribution in [2.24, 2.45) is 0 Å². The Morgan fingerprint density at radius 2 is 1.28 bits per heavy atom. The maximum atomic E-state index is 13.4. The topological polar surface area (TPSA) is 224 Å². The maximum Gasteiger partial charge on any atom is 0.233 e. The number of rotatable bonds is 12. The lowest BCUT2D eigenvalue weighted by atomic mass is 9.86. The van der Waals surface area contributed by atoms with Crippen molar-refractivity contribution >= 4 is 29.4 Å². The Labute approximate surface area is 277 Å². The second kappa shape index (κ2) is 14.8. The van der Waals surface area contributed by atoms with E-state index >= 15 is 0 Å². The van der Waals surface area contributed by atoms with Gasteiger partial charge in [-0.05, 0) is 6.92 Å². The Morgan fingerprint density at radius 3 is 1.74 bits per heavy atom. The molecule has 6 aliphatic rings. The van der Waals surface area contributed by atoms with E-state index in [9.17, 15) is 34.8 Å². The average molecular weight is 689 g/mol. The lowest BCUT2D eigenvalue weighted by Crippen LogP contribution is -2.69. The third kappa shape index (κ3) is 7.21. The van der Waals surface area contributed by atoms with E-state index in [2.05, 4.69) is 21.3 Å². The number of ether oxygens (including phenoxy) is 4. The van der Waals surface area contributed by atoms with Gasteiger partial charge in [-0.15, -0.1) is 11.8 Å². The number of piperazine rings is 2. The van der Waals surface area contributed by atoms with Crippen molar-refractivity contribution in [1.82, 2.24) is 31.1 Å². The van der Waals surface area contributed by atoms with E-state index in [0.29, 0.717) is 26.2 Å². The highest BCUT2D eigenvalue weighted by Gasteiger charge is 2.61. The van der Waals surface area contributed by atoms with Crippen molar-refractivity contribution < 1.29 is 53.8 Å². The summed E-state index contributed by atoms with van der Waals surface area (Å²) in [5.41, 5.74) is -2.73. The van der Waals surface area contributed by atoms with E-state index in [1.807, 2.05) is 9.80 Å². The summed E-state index contributed by atoms with van der Waals surface area (Å²) in [4.78, 5) is 42.4. The summed E-state index contributed by atoms with van der Waals surface area (Å²) in [6.45, 7) is 6.59. The largest absolute Gasteiger partial charge is 0.388 e. The molecule has 18 heteroatoms. The molecule has 0 aromatic rings. The van der Waals surface area contributed by atoms with Crippen LogP contribution < -0.4 is 21.3 Å². The van der Waals surface area contributed by atoms with Gasteiger partial charge in [-0.3, -0.25) is 24.2 Å². The van der Waals surface area contributed by atoms with E-state index < -0.39 is 77.3 Å². The van der Waals surface area contributed by atoms with Crippen LogP contribution in [-0.4, -0.2) is 198 Å². The van der Waals surface area contributed by atoms with E-state index in [0.717, 1.165) is 37.9 Å². The number of thioether (sulfide) groups is 1. The van der Waals surface area contributed by atoms with Crippen LogP contribution in [0.4, 0.5) is 0 Å². The molecule has 6 rings (SSSR count). The quantitative estimate of drug-likeness (QED) is 0.0958. The van der Waals surface area contributed by atoms with Crippen molar-refractivity contribution in [2.75, 3.05) is 84.4 Å². The summed E-state index contributed by atoms with van der Waals surface area (Å²) >= 11 is 1.01. The van der Waals surface area contributed by atoms with Crippen LogP contribution in [0.3, 0.4) is 0 Å². The van der Waals surface area contributed by atoms with Crippen molar-refractivity contribution in [3.8, 4) is 0 Å². The fourth-order valence-electron chi connectivity index (χ4n) is 7.43. The number of ketones is 1. The van der Waals surface area contributed by atoms with Crippen LogP contribution in [0.15, 0.2) is 0 Å². The zero-order valence-electron chi connectivity index (χ0n) is 26.5. The van der Waals surface area contributed by atoms with Gasteiger partial charge in [0, 0.05) is 58.8 Å². The number of amides is 2. The molecule has 0 radical (unpaired) electrons. The summed E-state index contributed by atoms with van der Waals surface area (Å²) in [6.07, 6.45) is -6.83. The highest BCUT2D eigenvalue weighted by atomic mass is 32.2. The molecule has 6 saturated heterocycles. The summed E-state index contributed by atoms with van der Waals surface area (Å²) in [5.74, 6) is -1.26. The Morgan fingerprint density at radius 1 is 0.809 bits per heavy atom. The van der Waals surface area contributed by atoms with Crippen LogP contribution in [0.2, 0.25) is 0 Å². The molecule has 8 N–H and O–H groups in total. The van der Waals surface area contributed by atoms with Gasteiger partial charge in [0.15, 0.2) is 12.6 Å². The Hall–Kier alpha value is -1.52. The van der Waals surface area contributed by atoms with E-state index in [4.69, 9.17) is 18.9 Å². The number of hydrogen-bond acceptors (Lipinski definition) is 16. The second-order valence-corrected chi connectivity index (χ2v) is 14.5. The van der Waals surface area contributed by atoms with E-state index in [1.165, 1.54) is 6.92 Å². The van der Waals surface area contributed by atoms with Crippen molar-refractivity contribution in [2.45, 2.75) is 78.9 Å². The molecule has 0 saturated carbocycles. The molecule has 266 valence electrons. The number of aliphatic hydroxyl groups excluding tert-OH is 4. The predicted octanol–water partition coefficient (Wildman–Crippen LogP) is -5.46. The third-order valence-corrected chi connectivity index (χ3v) is 11.5. The first-order chi connectivity index (χ1) is 22.5. The van der Waals surface area contributed by atoms with Crippen LogP contribution >= 0.6 is 11.8 Å². The number of nitrogens with one attached hydrogen (secondary N) is 4. The maximum absolute atomic E-state index is 13.4. The van der Waals surface area contributed by atoms with Crippen molar-refractivity contribution in [3.05, 3.63) is 0 Å². The lowest BCUT2D eigenvalue weighted by molar-refractivity contribution is -0.243. The van der Waals surface area contributed by atoms with Crippen LogP contribution in [0.1, 0.15) is 13.3 Å². The molecule has 17 nitrogen and oxygen atoms in total. The van der Waals surface area contributed by atoms with Gasteiger partial charge in [0.25, 0.3) is 0 Å². The molecule has 47 heavy (non-hydrogen) atoms. The zero-order valence-corrected chi connectivity index (χ0v) is 27.4. The molecule has 4 bridgehead atoms. The average Bonchev–Trinajstić information content (AvgIpc) is 3.66. The summed E-state index contributed by atoms with van der Waals surface area (Å²) < 4.78 is 23.9. The Balaban J connectivity index is 1.04. The number of hydrogen-bond donors (Lipinski definition) is 8. The van der Waals surface area contributed by atoms with Gasteiger partial charge in [-0.25, -0.2) is 0 Å². The third-order valence-electron chi connectivity index (χ3n) is 10.1. The molecule has 5 unspecified atom stereocenters. The molecular formula is C29H48N6O11S. The van der Waals surface area contributed by atoms with Gasteiger partial charge in [-0.1, -0.05) is 0 Å². The molecule has 0 aromatic carbocycles. The Kier molecular flexibility index (Phi) is 11.1. The Bertz CT molecular complexity index is 1150. The minimum atomic E-state index is -1.38. The van der Waals surface area contributed by atoms with Gasteiger partial charge in [0.05, 0.1) is 49.4 Å². The van der Waals surface area contributed by atoms with Gasteiger partial charge in [0.2, 0.25) is 11.8 Å².